The highest BCUT2D eigenvalue weighted by Crippen LogP contribution is 2.30. The van der Waals surface area contributed by atoms with Gasteiger partial charge in [-0.25, -0.2) is 0 Å². The molecule has 1 aliphatic heterocycles. The number of nitrogens with zero attached hydrogens (tertiary/aromatic N) is 2. The summed E-state index contributed by atoms with van der Waals surface area (Å²) in [5.74, 6) is 0.466. The number of likely N-dealkylation sites (tertiary alicyclic amines) is 1. The molecule has 0 atom stereocenters. The van der Waals surface area contributed by atoms with E-state index in [1.807, 2.05) is 11.9 Å². The van der Waals surface area contributed by atoms with Crippen LogP contribution in [0.25, 0.3) is 0 Å². The fraction of sp³-hybridized carbons (Fsp3) is 0.263. The van der Waals surface area contributed by atoms with Crippen LogP contribution in [0.2, 0.25) is 10.0 Å². The molecule has 0 aliphatic carbocycles. The van der Waals surface area contributed by atoms with Crippen LogP contribution in [0.4, 0.5) is 5.69 Å². The summed E-state index contributed by atoms with van der Waals surface area (Å²) in [5, 5.41) is 3.80. The molecule has 6 nitrogen and oxygen atoms in total. The maximum absolute atomic E-state index is 12.5. The lowest BCUT2D eigenvalue weighted by molar-refractivity contribution is -0.113. The third-order valence-electron chi connectivity index (χ3n) is 4.25. The van der Waals surface area contributed by atoms with Crippen molar-refractivity contribution in [1.29, 1.82) is 0 Å². The molecule has 1 aliphatic rings. The van der Waals surface area contributed by atoms with Gasteiger partial charge in [-0.3, -0.25) is 4.79 Å². The summed E-state index contributed by atoms with van der Waals surface area (Å²) >= 11 is 13.3. The van der Waals surface area contributed by atoms with E-state index >= 15 is 0 Å². The monoisotopic (exact) mass is 471 g/mol. The summed E-state index contributed by atoms with van der Waals surface area (Å²) in [6, 6.07) is 11.0. The topological polar surface area (TPSA) is 78.8 Å². The van der Waals surface area contributed by atoms with E-state index in [0.717, 1.165) is 13.0 Å². The zero-order valence-corrected chi connectivity index (χ0v) is 18.7. The predicted molar refractivity (Wildman–Crippen MR) is 119 cm³/mol. The number of carbonyl (C=O) groups is 1. The van der Waals surface area contributed by atoms with Crippen LogP contribution in [-0.2, 0) is 14.8 Å². The Balaban J connectivity index is 1.61. The van der Waals surface area contributed by atoms with Crippen molar-refractivity contribution in [1.82, 2.24) is 4.90 Å². The van der Waals surface area contributed by atoms with Crippen molar-refractivity contribution < 1.29 is 13.2 Å². The van der Waals surface area contributed by atoms with Crippen LogP contribution in [0.15, 0.2) is 56.7 Å². The van der Waals surface area contributed by atoms with Gasteiger partial charge in [0.25, 0.3) is 10.0 Å². The summed E-state index contributed by atoms with van der Waals surface area (Å²) in [5.41, 5.74) is 0.498. The van der Waals surface area contributed by atoms with Crippen LogP contribution in [0.3, 0.4) is 0 Å². The Hall–Kier alpha value is -1.74. The van der Waals surface area contributed by atoms with E-state index in [-0.39, 0.29) is 16.6 Å². The average Bonchev–Trinajstić information content (AvgIpc) is 3.07. The lowest BCUT2D eigenvalue weighted by atomic mass is 10.3. The third kappa shape index (κ3) is 5.88. The lowest BCUT2D eigenvalue weighted by Gasteiger charge is -2.11. The van der Waals surface area contributed by atoms with E-state index in [4.69, 9.17) is 23.2 Å². The number of nitrogens with one attached hydrogen (secondary N) is 1. The van der Waals surface area contributed by atoms with Crippen LogP contribution >= 0.6 is 35.0 Å². The molecule has 0 saturated carbocycles. The van der Waals surface area contributed by atoms with Gasteiger partial charge in [0.15, 0.2) is 0 Å². The summed E-state index contributed by atoms with van der Waals surface area (Å²) < 4.78 is 28.8. The zero-order valence-electron chi connectivity index (χ0n) is 15.6. The minimum atomic E-state index is -3.77. The molecule has 1 fully saturated rings. The minimum absolute atomic E-state index is 0.0865. The Kier molecular flexibility index (Phi) is 7.10. The first-order chi connectivity index (χ1) is 13.7. The van der Waals surface area contributed by atoms with Gasteiger partial charge in [0.1, 0.15) is 5.84 Å². The highest BCUT2D eigenvalue weighted by atomic mass is 35.5. The summed E-state index contributed by atoms with van der Waals surface area (Å²) in [6.07, 6.45) is 1.55. The molecule has 10 heteroatoms. The van der Waals surface area contributed by atoms with Crippen molar-refractivity contribution in [2.24, 2.45) is 4.40 Å². The molecule has 0 bridgehead atoms. The van der Waals surface area contributed by atoms with Crippen LogP contribution < -0.4 is 5.32 Å². The van der Waals surface area contributed by atoms with E-state index in [0.29, 0.717) is 32.9 Å². The lowest BCUT2D eigenvalue weighted by Crippen LogP contribution is -2.20. The molecule has 0 spiro atoms. The SMILES string of the molecule is CN1CCC/C1=N\S(=O)(=O)c1ccc(NC(=O)CSc2cc(Cl)ccc2Cl)cc1. The van der Waals surface area contributed by atoms with Gasteiger partial charge in [-0.1, -0.05) is 23.2 Å². The van der Waals surface area contributed by atoms with E-state index in [1.54, 1.807) is 30.3 Å². The molecule has 0 radical (unpaired) electrons. The number of amidine groups is 1. The number of anilines is 1. The van der Waals surface area contributed by atoms with Crippen molar-refractivity contribution >= 4 is 62.4 Å². The fourth-order valence-corrected chi connectivity index (χ4v) is 5.13. The molecule has 1 amide bonds. The van der Waals surface area contributed by atoms with Crippen molar-refractivity contribution in [2.45, 2.75) is 22.6 Å². The second-order valence-corrected chi connectivity index (χ2v) is 9.91. The number of thioether (sulfide) groups is 1. The van der Waals surface area contributed by atoms with E-state index in [9.17, 15) is 13.2 Å². The first-order valence-corrected chi connectivity index (χ1v) is 12.0. The molecule has 2 aromatic rings. The standard InChI is InChI=1S/C19H19Cl2N3O3S2/c1-24-10-2-3-18(24)23-29(26,27)15-7-5-14(6-8-15)22-19(25)12-28-17-11-13(20)4-9-16(17)21/h4-9,11H,2-3,10,12H2,1H3,(H,22,25)/b23-18+. The van der Waals surface area contributed by atoms with Crippen LogP contribution in [0, 0.1) is 0 Å². The molecule has 1 N–H and O–H groups in total. The second-order valence-electron chi connectivity index (χ2n) is 6.44. The molecule has 3 rings (SSSR count). The maximum atomic E-state index is 12.5. The molecular weight excluding hydrogens is 453 g/mol. The first kappa shape index (κ1) is 22.0. The van der Waals surface area contributed by atoms with Gasteiger partial charge in [-0.2, -0.15) is 8.42 Å². The number of halogens is 2. The molecular formula is C19H19Cl2N3O3S2. The van der Waals surface area contributed by atoms with Crippen molar-refractivity contribution in [3.05, 3.63) is 52.5 Å². The van der Waals surface area contributed by atoms with Crippen molar-refractivity contribution in [2.75, 3.05) is 24.7 Å². The number of rotatable bonds is 6. The number of carbonyl (C=O) groups excluding carboxylic acids is 1. The van der Waals surface area contributed by atoms with Gasteiger partial charge in [0.2, 0.25) is 5.91 Å². The Morgan fingerprint density at radius 3 is 2.59 bits per heavy atom. The van der Waals surface area contributed by atoms with Crippen LogP contribution in [-0.4, -0.2) is 44.4 Å². The molecule has 0 aromatic heterocycles. The first-order valence-electron chi connectivity index (χ1n) is 8.77. The Bertz CT molecular complexity index is 1040. The number of sulfonamides is 1. The van der Waals surface area contributed by atoms with Gasteiger partial charge in [0.05, 0.1) is 15.7 Å². The highest BCUT2D eigenvalue weighted by molar-refractivity contribution is 8.00. The van der Waals surface area contributed by atoms with E-state index < -0.39 is 10.0 Å². The quantitative estimate of drug-likeness (QED) is 0.625. The fourth-order valence-electron chi connectivity index (χ4n) is 2.74. The third-order valence-corrected chi connectivity index (χ3v) is 7.30. The summed E-state index contributed by atoms with van der Waals surface area (Å²) in [6.45, 7) is 0.803. The summed E-state index contributed by atoms with van der Waals surface area (Å²) in [4.78, 5) is 14.8. The van der Waals surface area contributed by atoms with Crippen LogP contribution in [0.1, 0.15) is 12.8 Å². The molecule has 29 heavy (non-hydrogen) atoms. The van der Waals surface area contributed by atoms with Gasteiger partial charge in [-0.15, -0.1) is 16.2 Å². The second kappa shape index (κ2) is 9.38. The number of benzene rings is 2. The van der Waals surface area contributed by atoms with Crippen molar-refractivity contribution in [3.63, 3.8) is 0 Å². The smallest absolute Gasteiger partial charge is 0.283 e. The average molecular weight is 472 g/mol. The molecule has 154 valence electrons. The van der Waals surface area contributed by atoms with Crippen LogP contribution in [0.5, 0.6) is 0 Å². The zero-order chi connectivity index (χ0) is 21.0. The Morgan fingerprint density at radius 1 is 1.21 bits per heavy atom. The molecule has 1 saturated heterocycles. The number of hydrogen-bond acceptors (Lipinski definition) is 4. The van der Waals surface area contributed by atoms with E-state index in [2.05, 4.69) is 9.71 Å². The van der Waals surface area contributed by atoms with Gasteiger partial charge in [-0.05, 0) is 48.9 Å². The predicted octanol–water partition coefficient (Wildman–Crippen LogP) is 4.54. The maximum Gasteiger partial charge on any atom is 0.283 e. The van der Waals surface area contributed by atoms with Crippen molar-refractivity contribution in [3.8, 4) is 0 Å². The molecule has 1 heterocycles. The number of hydrogen-bond donors (Lipinski definition) is 1. The van der Waals surface area contributed by atoms with E-state index in [1.165, 1.54) is 23.9 Å². The highest BCUT2D eigenvalue weighted by Gasteiger charge is 2.20. The van der Waals surface area contributed by atoms with Gasteiger partial charge in [0, 0.05) is 35.6 Å². The molecule has 2 aromatic carbocycles. The van der Waals surface area contributed by atoms with Gasteiger partial charge < -0.3 is 10.2 Å². The van der Waals surface area contributed by atoms with Gasteiger partial charge >= 0.3 is 0 Å². The minimum Gasteiger partial charge on any atom is -0.362 e. The normalized spacial score (nSPS) is 15.7. The number of amides is 1. The Morgan fingerprint density at radius 2 is 1.93 bits per heavy atom. The Labute approximate surface area is 184 Å². The summed E-state index contributed by atoms with van der Waals surface area (Å²) in [7, 11) is -1.95. The molecule has 0 unspecified atom stereocenters. The largest absolute Gasteiger partial charge is 0.362 e.